The maximum Gasteiger partial charge on any atom is 0.274 e. The van der Waals surface area contributed by atoms with E-state index in [2.05, 4.69) is 28.9 Å². The van der Waals surface area contributed by atoms with Gasteiger partial charge < -0.3 is 14.5 Å². The third-order valence-corrected chi connectivity index (χ3v) is 5.44. The van der Waals surface area contributed by atoms with Crippen molar-refractivity contribution >= 4 is 17.2 Å². The fraction of sp³-hybridized carbons (Fsp3) is 0.500. The second kappa shape index (κ2) is 8.75. The lowest BCUT2D eigenvalue weighted by atomic mass is 9.97. The van der Waals surface area contributed by atoms with E-state index in [1.54, 1.807) is 11.3 Å². The molecule has 0 spiro atoms. The van der Waals surface area contributed by atoms with Gasteiger partial charge in [0.1, 0.15) is 5.69 Å². The van der Waals surface area contributed by atoms with Crippen molar-refractivity contribution in [2.24, 2.45) is 0 Å². The van der Waals surface area contributed by atoms with Crippen LogP contribution >= 0.6 is 11.3 Å². The average molecular weight is 374 g/mol. The molecule has 140 valence electrons. The lowest BCUT2D eigenvalue weighted by molar-refractivity contribution is -0.0685. The summed E-state index contributed by atoms with van der Waals surface area (Å²) < 4.78 is 6.06. The Labute approximate surface area is 159 Å². The number of benzene rings is 1. The van der Waals surface area contributed by atoms with Crippen LogP contribution in [0.25, 0.3) is 0 Å². The second-order valence-corrected chi connectivity index (χ2v) is 7.84. The fourth-order valence-corrected chi connectivity index (χ4v) is 4.28. The van der Waals surface area contributed by atoms with Gasteiger partial charge in [-0.05, 0) is 32.5 Å². The summed E-state index contributed by atoms with van der Waals surface area (Å²) in [5.41, 5.74) is 1.67. The summed E-state index contributed by atoms with van der Waals surface area (Å²) in [7, 11) is 4.06. The summed E-state index contributed by atoms with van der Waals surface area (Å²) in [6.45, 7) is 4.03. The zero-order valence-corrected chi connectivity index (χ0v) is 16.5. The summed E-state index contributed by atoms with van der Waals surface area (Å²) in [4.78, 5) is 21.8. The van der Waals surface area contributed by atoms with E-state index < -0.39 is 0 Å². The van der Waals surface area contributed by atoms with Gasteiger partial charge in [0, 0.05) is 18.5 Å². The van der Waals surface area contributed by atoms with Gasteiger partial charge in [0.15, 0.2) is 0 Å². The number of rotatable bonds is 6. The summed E-state index contributed by atoms with van der Waals surface area (Å²) >= 11 is 1.58. The van der Waals surface area contributed by atoms with Gasteiger partial charge >= 0.3 is 0 Å². The highest BCUT2D eigenvalue weighted by Gasteiger charge is 2.37. The van der Waals surface area contributed by atoms with E-state index in [-0.39, 0.29) is 18.1 Å². The van der Waals surface area contributed by atoms with E-state index in [9.17, 15) is 4.79 Å². The van der Waals surface area contributed by atoms with Crippen LogP contribution < -0.4 is 0 Å². The Morgan fingerprint density at radius 3 is 2.81 bits per heavy atom. The van der Waals surface area contributed by atoms with Crippen LogP contribution in [0, 0.1) is 0 Å². The number of morpholine rings is 1. The molecule has 1 saturated heterocycles. The first-order valence-corrected chi connectivity index (χ1v) is 10.0. The number of carbonyl (C=O) groups is 1. The van der Waals surface area contributed by atoms with E-state index in [1.165, 1.54) is 0 Å². The number of ether oxygens (including phenoxy) is 1. The van der Waals surface area contributed by atoms with Crippen molar-refractivity contribution in [1.29, 1.82) is 0 Å². The third-order valence-electron chi connectivity index (χ3n) is 4.53. The number of aryl methyl sites for hydroxylation is 1. The standard InChI is InChI=1S/C20H27N3O2S/c1-4-8-18-21-16(14-26-18)20(24)23-11-12-25-17(13-22(2)3)19(23)15-9-6-5-7-10-15/h5-7,9-10,14,17,19H,4,8,11-13H2,1-3H3/t17-,19-/m0/s1. The van der Waals surface area contributed by atoms with Crippen molar-refractivity contribution in [1.82, 2.24) is 14.8 Å². The number of aromatic nitrogens is 1. The molecular weight excluding hydrogens is 346 g/mol. The van der Waals surface area contributed by atoms with Crippen LogP contribution in [0.1, 0.15) is 40.4 Å². The highest BCUT2D eigenvalue weighted by atomic mass is 32.1. The Kier molecular flexibility index (Phi) is 6.40. The zero-order chi connectivity index (χ0) is 18.5. The Morgan fingerprint density at radius 2 is 2.12 bits per heavy atom. The van der Waals surface area contributed by atoms with Crippen LogP contribution in [0.3, 0.4) is 0 Å². The summed E-state index contributed by atoms with van der Waals surface area (Å²) in [6, 6.07) is 10.1. The first-order chi connectivity index (χ1) is 12.6. The number of amides is 1. The van der Waals surface area contributed by atoms with Gasteiger partial charge in [0.25, 0.3) is 5.91 Å². The highest BCUT2D eigenvalue weighted by Crippen LogP contribution is 2.31. The quantitative estimate of drug-likeness (QED) is 0.780. The Bertz CT molecular complexity index is 717. The molecule has 1 aliphatic heterocycles. The molecule has 0 aliphatic carbocycles. The molecule has 1 aromatic heterocycles. The predicted octanol–water partition coefficient (Wildman–Crippen LogP) is 3.24. The van der Waals surface area contributed by atoms with Crippen molar-refractivity contribution in [3.8, 4) is 0 Å². The number of nitrogens with zero attached hydrogens (tertiary/aromatic N) is 3. The van der Waals surface area contributed by atoms with Gasteiger partial charge in [0.2, 0.25) is 0 Å². The number of likely N-dealkylation sites (N-methyl/N-ethyl adjacent to an activating group) is 1. The molecule has 1 amide bonds. The van der Waals surface area contributed by atoms with Crippen LogP contribution in [0.4, 0.5) is 0 Å². The number of thiazole rings is 1. The molecule has 2 heterocycles. The minimum atomic E-state index is -0.101. The van der Waals surface area contributed by atoms with Gasteiger partial charge in [-0.3, -0.25) is 4.79 Å². The molecule has 26 heavy (non-hydrogen) atoms. The van der Waals surface area contributed by atoms with Crippen LogP contribution in [0.2, 0.25) is 0 Å². The molecule has 2 atom stereocenters. The molecule has 1 fully saturated rings. The van der Waals surface area contributed by atoms with Gasteiger partial charge in [-0.2, -0.15) is 0 Å². The van der Waals surface area contributed by atoms with Gasteiger partial charge in [-0.25, -0.2) is 4.98 Å². The van der Waals surface area contributed by atoms with Crippen molar-refractivity contribution in [3.63, 3.8) is 0 Å². The third kappa shape index (κ3) is 4.31. The van der Waals surface area contributed by atoms with Crippen LogP contribution in [-0.4, -0.2) is 60.6 Å². The molecule has 0 saturated carbocycles. The molecule has 6 heteroatoms. The molecule has 0 radical (unpaired) electrons. The second-order valence-electron chi connectivity index (χ2n) is 6.90. The van der Waals surface area contributed by atoms with E-state index in [0.717, 1.165) is 30.0 Å². The topological polar surface area (TPSA) is 45.7 Å². The highest BCUT2D eigenvalue weighted by molar-refractivity contribution is 7.09. The van der Waals surface area contributed by atoms with E-state index in [0.29, 0.717) is 18.8 Å². The van der Waals surface area contributed by atoms with Crippen molar-refractivity contribution in [2.75, 3.05) is 33.8 Å². The fourth-order valence-electron chi connectivity index (χ4n) is 3.40. The van der Waals surface area contributed by atoms with E-state index >= 15 is 0 Å². The van der Waals surface area contributed by atoms with Gasteiger partial charge in [-0.15, -0.1) is 11.3 Å². The average Bonchev–Trinajstić information content (AvgIpc) is 3.10. The minimum absolute atomic E-state index is 0.00418. The Hall–Kier alpha value is -1.76. The number of hydrogen-bond acceptors (Lipinski definition) is 5. The van der Waals surface area contributed by atoms with Gasteiger partial charge in [0.05, 0.1) is 23.8 Å². The molecule has 0 unspecified atom stereocenters. The lowest BCUT2D eigenvalue weighted by Gasteiger charge is -2.42. The van der Waals surface area contributed by atoms with Crippen molar-refractivity contribution < 1.29 is 9.53 Å². The first-order valence-electron chi connectivity index (χ1n) is 9.16. The molecular formula is C20H27N3O2S. The SMILES string of the molecule is CCCc1nc(C(=O)N2CCO[C@@H](CN(C)C)[C@@H]2c2ccccc2)cs1. The van der Waals surface area contributed by atoms with Crippen molar-refractivity contribution in [2.45, 2.75) is 31.9 Å². The molecule has 5 nitrogen and oxygen atoms in total. The van der Waals surface area contributed by atoms with E-state index in [1.807, 2.05) is 42.6 Å². The molecule has 0 N–H and O–H groups in total. The number of carbonyl (C=O) groups excluding carboxylic acids is 1. The largest absolute Gasteiger partial charge is 0.373 e. The lowest BCUT2D eigenvalue weighted by Crippen LogP contribution is -2.51. The van der Waals surface area contributed by atoms with Crippen LogP contribution in [0.15, 0.2) is 35.7 Å². The maximum absolute atomic E-state index is 13.2. The predicted molar refractivity (Wildman–Crippen MR) is 105 cm³/mol. The zero-order valence-electron chi connectivity index (χ0n) is 15.7. The summed E-state index contributed by atoms with van der Waals surface area (Å²) in [6.07, 6.45) is 1.90. The summed E-state index contributed by atoms with van der Waals surface area (Å²) in [5.74, 6) is 0.00418. The van der Waals surface area contributed by atoms with Crippen molar-refractivity contribution in [3.05, 3.63) is 52.0 Å². The normalized spacial score (nSPS) is 20.5. The molecule has 1 aromatic carbocycles. The molecule has 3 rings (SSSR count). The minimum Gasteiger partial charge on any atom is -0.373 e. The molecule has 2 aromatic rings. The van der Waals surface area contributed by atoms with Crippen LogP contribution in [-0.2, 0) is 11.2 Å². The monoisotopic (exact) mass is 373 g/mol. The molecule has 1 aliphatic rings. The van der Waals surface area contributed by atoms with Gasteiger partial charge in [-0.1, -0.05) is 37.3 Å². The van der Waals surface area contributed by atoms with E-state index in [4.69, 9.17) is 4.74 Å². The Morgan fingerprint density at radius 1 is 1.35 bits per heavy atom. The number of hydrogen-bond donors (Lipinski definition) is 0. The Balaban J connectivity index is 1.89. The smallest absolute Gasteiger partial charge is 0.274 e. The summed E-state index contributed by atoms with van der Waals surface area (Å²) in [5, 5.41) is 2.93. The molecule has 0 bridgehead atoms. The first kappa shape index (κ1) is 19.0. The van der Waals surface area contributed by atoms with Crippen LogP contribution in [0.5, 0.6) is 0 Å². The maximum atomic E-state index is 13.2.